The van der Waals surface area contributed by atoms with Crippen LogP contribution in [0.5, 0.6) is 0 Å². The van der Waals surface area contributed by atoms with Crippen molar-refractivity contribution >= 4 is 28.8 Å². The summed E-state index contributed by atoms with van der Waals surface area (Å²) >= 11 is 11.1. The highest BCUT2D eigenvalue weighted by Crippen LogP contribution is 2.19. The minimum Gasteiger partial charge on any atom is -0.389 e. The van der Waals surface area contributed by atoms with E-state index in [1.165, 1.54) is 0 Å². The Labute approximate surface area is 110 Å². The number of halogens is 1. The quantitative estimate of drug-likeness (QED) is 0.868. The molecule has 0 aliphatic heterocycles. The predicted molar refractivity (Wildman–Crippen MR) is 73.4 cm³/mol. The highest BCUT2D eigenvalue weighted by atomic mass is 35.5. The third-order valence-corrected chi connectivity index (χ3v) is 3.17. The van der Waals surface area contributed by atoms with Crippen LogP contribution < -0.4 is 5.73 Å². The zero-order chi connectivity index (χ0) is 12.4. The average molecular weight is 266 g/mol. The zero-order valence-electron chi connectivity index (χ0n) is 9.35. The molecule has 88 valence electrons. The van der Waals surface area contributed by atoms with Gasteiger partial charge in [0.2, 0.25) is 0 Å². The first kappa shape index (κ1) is 12.1. The average Bonchev–Trinajstić information content (AvgIpc) is 2.67. The van der Waals surface area contributed by atoms with Crippen molar-refractivity contribution in [1.82, 2.24) is 9.78 Å². The molecule has 2 rings (SSSR count). The Morgan fingerprint density at radius 1 is 1.47 bits per heavy atom. The van der Waals surface area contributed by atoms with E-state index in [-0.39, 0.29) is 0 Å². The van der Waals surface area contributed by atoms with Crippen LogP contribution in [-0.4, -0.2) is 14.8 Å². The summed E-state index contributed by atoms with van der Waals surface area (Å²) in [5, 5.41) is 4.87. The fourth-order valence-corrected chi connectivity index (χ4v) is 1.92. The first-order valence-electron chi connectivity index (χ1n) is 5.14. The lowest BCUT2D eigenvalue weighted by molar-refractivity contribution is 0.665. The minimum atomic E-state index is 0.355. The van der Waals surface area contributed by atoms with Crippen molar-refractivity contribution in [3.05, 3.63) is 52.3 Å². The summed E-state index contributed by atoms with van der Waals surface area (Å²) in [6, 6.07) is 7.55. The van der Waals surface area contributed by atoms with Gasteiger partial charge in [-0.1, -0.05) is 36.0 Å². The van der Waals surface area contributed by atoms with Crippen LogP contribution in [0.3, 0.4) is 0 Å². The standard InChI is InChI=1S/C12H12ClN3S/c1-8-4-5-15-16(8)7-10-3-2-9(12(14)17)6-11(10)13/h2-6H,7H2,1H3,(H2,14,17). The van der Waals surface area contributed by atoms with Gasteiger partial charge in [-0.15, -0.1) is 0 Å². The van der Waals surface area contributed by atoms with Gasteiger partial charge in [0.15, 0.2) is 0 Å². The van der Waals surface area contributed by atoms with Gasteiger partial charge in [0.1, 0.15) is 4.99 Å². The van der Waals surface area contributed by atoms with Gasteiger partial charge >= 0.3 is 0 Å². The summed E-state index contributed by atoms with van der Waals surface area (Å²) in [6.07, 6.45) is 1.77. The second-order valence-corrected chi connectivity index (χ2v) is 4.65. The molecular formula is C12H12ClN3S. The fourth-order valence-electron chi connectivity index (χ4n) is 1.55. The van der Waals surface area contributed by atoms with E-state index in [1.54, 1.807) is 12.3 Å². The van der Waals surface area contributed by atoms with Gasteiger partial charge < -0.3 is 5.73 Å². The third kappa shape index (κ3) is 2.65. The summed E-state index contributed by atoms with van der Waals surface area (Å²) in [7, 11) is 0. The lowest BCUT2D eigenvalue weighted by Gasteiger charge is -2.08. The second kappa shape index (κ2) is 4.85. The lowest BCUT2D eigenvalue weighted by Crippen LogP contribution is -2.10. The van der Waals surface area contributed by atoms with E-state index in [2.05, 4.69) is 5.10 Å². The van der Waals surface area contributed by atoms with Gasteiger partial charge in [-0.3, -0.25) is 4.68 Å². The van der Waals surface area contributed by atoms with Crippen LogP contribution in [0.15, 0.2) is 30.5 Å². The Bertz CT molecular complexity index is 563. The van der Waals surface area contributed by atoms with Crippen LogP contribution in [-0.2, 0) is 6.54 Å². The van der Waals surface area contributed by atoms with Gasteiger partial charge in [0.05, 0.1) is 6.54 Å². The van der Waals surface area contributed by atoms with E-state index in [0.29, 0.717) is 16.6 Å². The second-order valence-electron chi connectivity index (χ2n) is 3.80. The fraction of sp³-hybridized carbons (Fsp3) is 0.167. The van der Waals surface area contributed by atoms with Crippen LogP contribution in [0.2, 0.25) is 5.02 Å². The van der Waals surface area contributed by atoms with Crippen molar-refractivity contribution in [2.45, 2.75) is 13.5 Å². The van der Waals surface area contributed by atoms with Gasteiger partial charge in [-0.2, -0.15) is 5.10 Å². The monoisotopic (exact) mass is 265 g/mol. The predicted octanol–water partition coefficient (Wildman–Crippen LogP) is 2.53. The van der Waals surface area contributed by atoms with E-state index >= 15 is 0 Å². The number of rotatable bonds is 3. The van der Waals surface area contributed by atoms with Gasteiger partial charge in [-0.25, -0.2) is 0 Å². The smallest absolute Gasteiger partial charge is 0.104 e. The maximum absolute atomic E-state index is 6.19. The number of benzene rings is 1. The van der Waals surface area contributed by atoms with Crippen molar-refractivity contribution in [2.24, 2.45) is 5.73 Å². The molecule has 0 unspecified atom stereocenters. The molecule has 0 radical (unpaired) electrons. The molecule has 5 heteroatoms. The molecule has 1 heterocycles. The van der Waals surface area contributed by atoms with Crippen LogP contribution >= 0.6 is 23.8 Å². The molecule has 17 heavy (non-hydrogen) atoms. The molecule has 3 nitrogen and oxygen atoms in total. The van der Waals surface area contributed by atoms with Crippen molar-refractivity contribution in [3.8, 4) is 0 Å². The van der Waals surface area contributed by atoms with Crippen molar-refractivity contribution < 1.29 is 0 Å². The molecule has 0 bridgehead atoms. The van der Waals surface area contributed by atoms with Gasteiger partial charge in [-0.05, 0) is 24.6 Å². The molecule has 1 aromatic carbocycles. The molecule has 0 aliphatic carbocycles. The summed E-state index contributed by atoms with van der Waals surface area (Å²) in [4.78, 5) is 0.355. The van der Waals surface area contributed by atoms with Crippen LogP contribution in [0, 0.1) is 6.92 Å². The Kier molecular flexibility index (Phi) is 3.45. The lowest BCUT2D eigenvalue weighted by atomic mass is 10.1. The number of hydrogen-bond acceptors (Lipinski definition) is 2. The van der Waals surface area contributed by atoms with Crippen LogP contribution in [0.1, 0.15) is 16.8 Å². The number of nitrogens with two attached hydrogens (primary N) is 1. The SMILES string of the molecule is Cc1ccnn1Cc1ccc(C(N)=S)cc1Cl. The van der Waals surface area contributed by atoms with Gasteiger partial charge in [0, 0.05) is 22.5 Å². The highest BCUT2D eigenvalue weighted by molar-refractivity contribution is 7.80. The number of thiocarbonyl (C=S) groups is 1. The molecule has 0 saturated heterocycles. The third-order valence-electron chi connectivity index (χ3n) is 2.59. The summed E-state index contributed by atoms with van der Waals surface area (Å²) in [5.74, 6) is 0. The number of aryl methyl sites for hydroxylation is 1. The van der Waals surface area contributed by atoms with Crippen LogP contribution in [0.25, 0.3) is 0 Å². The van der Waals surface area contributed by atoms with E-state index in [9.17, 15) is 0 Å². The van der Waals surface area contributed by atoms with Crippen molar-refractivity contribution in [3.63, 3.8) is 0 Å². The topological polar surface area (TPSA) is 43.8 Å². The molecule has 0 atom stereocenters. The minimum absolute atomic E-state index is 0.355. The maximum atomic E-state index is 6.19. The molecule has 0 amide bonds. The van der Waals surface area contributed by atoms with Crippen LogP contribution in [0.4, 0.5) is 0 Å². The van der Waals surface area contributed by atoms with Crippen molar-refractivity contribution in [2.75, 3.05) is 0 Å². The largest absolute Gasteiger partial charge is 0.389 e. The molecule has 1 aromatic heterocycles. The summed E-state index contributed by atoms with van der Waals surface area (Å²) in [6.45, 7) is 2.65. The molecule has 0 saturated carbocycles. The molecule has 0 fully saturated rings. The number of hydrogen-bond donors (Lipinski definition) is 1. The van der Waals surface area contributed by atoms with E-state index in [1.807, 2.05) is 29.8 Å². The van der Waals surface area contributed by atoms with E-state index in [0.717, 1.165) is 16.8 Å². The first-order chi connectivity index (χ1) is 8.08. The summed E-state index contributed by atoms with van der Waals surface area (Å²) in [5.41, 5.74) is 8.43. The zero-order valence-corrected chi connectivity index (χ0v) is 10.9. The molecular weight excluding hydrogens is 254 g/mol. The Morgan fingerprint density at radius 3 is 2.76 bits per heavy atom. The Hall–Kier alpha value is -1.39. The van der Waals surface area contributed by atoms with E-state index in [4.69, 9.17) is 29.6 Å². The first-order valence-corrected chi connectivity index (χ1v) is 5.93. The number of aromatic nitrogens is 2. The molecule has 2 N–H and O–H groups in total. The molecule has 2 aromatic rings. The number of nitrogens with zero attached hydrogens (tertiary/aromatic N) is 2. The van der Waals surface area contributed by atoms with E-state index < -0.39 is 0 Å². The molecule has 0 spiro atoms. The highest BCUT2D eigenvalue weighted by Gasteiger charge is 2.06. The van der Waals surface area contributed by atoms with Gasteiger partial charge in [0.25, 0.3) is 0 Å². The summed E-state index contributed by atoms with van der Waals surface area (Å²) < 4.78 is 1.89. The molecule has 0 aliphatic rings. The Balaban J connectivity index is 2.29. The van der Waals surface area contributed by atoms with Crippen molar-refractivity contribution in [1.29, 1.82) is 0 Å². The normalized spacial score (nSPS) is 10.5. The Morgan fingerprint density at radius 2 is 2.24 bits per heavy atom. The maximum Gasteiger partial charge on any atom is 0.104 e.